The van der Waals surface area contributed by atoms with E-state index in [9.17, 15) is 14.0 Å². The van der Waals surface area contributed by atoms with Crippen LogP contribution in [-0.4, -0.2) is 23.4 Å². The molecule has 3 atom stereocenters. The van der Waals surface area contributed by atoms with Crippen molar-refractivity contribution in [2.45, 2.75) is 25.3 Å². The highest BCUT2D eigenvalue weighted by molar-refractivity contribution is 7.07. The van der Waals surface area contributed by atoms with Crippen molar-refractivity contribution in [2.24, 2.45) is 10.9 Å². The molecule has 2 bridgehead atoms. The van der Waals surface area contributed by atoms with Crippen molar-refractivity contribution in [3.63, 3.8) is 0 Å². The Morgan fingerprint density at radius 3 is 2.87 bits per heavy atom. The summed E-state index contributed by atoms with van der Waals surface area (Å²) in [5.41, 5.74) is -0.832. The van der Waals surface area contributed by atoms with E-state index in [0.29, 0.717) is 37.9 Å². The van der Waals surface area contributed by atoms with Gasteiger partial charge in [0, 0.05) is 17.7 Å². The van der Waals surface area contributed by atoms with Crippen LogP contribution in [0.2, 0.25) is 5.02 Å². The molecule has 2 aliphatic heterocycles. The average molecular weight is 555 g/mol. The fourth-order valence-corrected chi connectivity index (χ4v) is 6.08. The molecular weight excluding hydrogens is 535 g/mol. The zero-order chi connectivity index (χ0) is 26.6. The maximum atomic E-state index is 13.6. The first-order valence-electron chi connectivity index (χ1n) is 11.6. The van der Waals surface area contributed by atoms with Crippen LogP contribution >= 0.6 is 22.9 Å². The van der Waals surface area contributed by atoms with Gasteiger partial charge in [-0.3, -0.25) is 14.2 Å². The van der Waals surface area contributed by atoms with E-state index >= 15 is 0 Å². The molecule has 6 rings (SSSR count). The van der Waals surface area contributed by atoms with Crippen molar-refractivity contribution in [2.75, 3.05) is 7.11 Å². The van der Waals surface area contributed by atoms with E-state index in [1.807, 2.05) is 18.2 Å². The molecule has 8 nitrogen and oxygen atoms in total. The number of esters is 1. The van der Waals surface area contributed by atoms with Gasteiger partial charge in [0.1, 0.15) is 41.4 Å². The number of fused-ring (bicyclic) bond motifs is 6. The second kappa shape index (κ2) is 9.14. The number of thiazole rings is 1. The van der Waals surface area contributed by atoms with E-state index in [0.717, 1.165) is 0 Å². The fourth-order valence-electron chi connectivity index (χ4n) is 4.83. The number of benzene rings is 2. The number of para-hydroxylation sites is 1. The van der Waals surface area contributed by atoms with Gasteiger partial charge in [-0.1, -0.05) is 41.1 Å². The first-order valence-corrected chi connectivity index (χ1v) is 12.8. The number of carbonyl (C=O) groups is 1. The molecule has 0 radical (unpaired) electrons. The molecule has 0 aliphatic carbocycles. The fraction of sp³-hybridized carbons (Fsp3) is 0.222. The highest BCUT2D eigenvalue weighted by atomic mass is 35.5. The summed E-state index contributed by atoms with van der Waals surface area (Å²) in [6.07, 6.45) is 1.62. The molecule has 4 heterocycles. The molecule has 2 aliphatic rings. The topological polar surface area (TPSA) is 92.3 Å². The van der Waals surface area contributed by atoms with Crippen molar-refractivity contribution in [3.05, 3.63) is 102 Å². The van der Waals surface area contributed by atoms with Gasteiger partial charge in [0.05, 0.1) is 22.7 Å². The van der Waals surface area contributed by atoms with Crippen molar-refractivity contribution in [1.29, 1.82) is 0 Å². The van der Waals surface area contributed by atoms with Crippen LogP contribution in [0.5, 0.6) is 11.5 Å². The monoisotopic (exact) mass is 554 g/mol. The number of hydrogen-bond acceptors (Lipinski definition) is 8. The molecule has 0 spiro atoms. The summed E-state index contributed by atoms with van der Waals surface area (Å²) in [6, 6.07) is 14.2. The molecule has 2 aromatic heterocycles. The minimum Gasteiger partial charge on any atom is -0.486 e. The molecule has 0 saturated carbocycles. The van der Waals surface area contributed by atoms with Crippen molar-refractivity contribution in [3.8, 4) is 11.5 Å². The Kier molecular flexibility index (Phi) is 5.88. The molecule has 0 N–H and O–H groups in total. The summed E-state index contributed by atoms with van der Waals surface area (Å²) in [5.74, 6) is 0.0105. The zero-order valence-corrected chi connectivity index (χ0v) is 21.7. The third kappa shape index (κ3) is 4.00. The van der Waals surface area contributed by atoms with Crippen LogP contribution in [0.4, 0.5) is 4.39 Å². The normalized spacial score (nSPS) is 21.6. The van der Waals surface area contributed by atoms with Gasteiger partial charge in [0.15, 0.2) is 4.80 Å². The molecule has 2 aromatic carbocycles. The van der Waals surface area contributed by atoms with Gasteiger partial charge in [-0.2, -0.15) is 0 Å². The van der Waals surface area contributed by atoms with Crippen LogP contribution in [0.3, 0.4) is 0 Å². The summed E-state index contributed by atoms with van der Waals surface area (Å²) in [7, 11) is 1.31. The van der Waals surface area contributed by atoms with Crippen LogP contribution < -0.4 is 24.4 Å². The van der Waals surface area contributed by atoms with Crippen LogP contribution in [-0.2, 0) is 16.1 Å². The Morgan fingerprint density at radius 2 is 2.08 bits per heavy atom. The highest BCUT2D eigenvalue weighted by Crippen LogP contribution is 2.47. The van der Waals surface area contributed by atoms with Gasteiger partial charge < -0.3 is 18.6 Å². The summed E-state index contributed by atoms with van der Waals surface area (Å²) >= 11 is 6.98. The van der Waals surface area contributed by atoms with Crippen molar-refractivity contribution < 1.29 is 27.8 Å². The number of ether oxygens (including phenoxy) is 3. The first kappa shape index (κ1) is 24.4. The molecular formula is C27H20ClFN2O6S. The smallest absolute Gasteiger partial charge is 0.317 e. The lowest BCUT2D eigenvalue weighted by Gasteiger charge is -2.44. The molecule has 0 saturated heterocycles. The Balaban J connectivity index is 1.37. The van der Waals surface area contributed by atoms with E-state index in [-0.39, 0.29) is 17.2 Å². The summed E-state index contributed by atoms with van der Waals surface area (Å²) in [4.78, 5) is 31.7. The minimum atomic E-state index is -1.24. The third-order valence-corrected chi connectivity index (χ3v) is 7.84. The molecule has 38 heavy (non-hydrogen) atoms. The Morgan fingerprint density at radius 1 is 1.26 bits per heavy atom. The zero-order valence-electron chi connectivity index (χ0n) is 20.1. The number of furan rings is 1. The standard InChI is InChI=1S/C27H20ClFN2O6S/c1-27-22(25(33)34-2)23(17-5-3-4-6-20(17)37-27)31-24(32)21(38-26(31)30-27)12-15-7-8-16(36-15)13-35-14-9-10-19(29)18(28)11-14/h3-12,22-23H,13H2,1-2H3. The lowest BCUT2D eigenvalue weighted by atomic mass is 9.81. The van der Waals surface area contributed by atoms with Gasteiger partial charge in [0.25, 0.3) is 5.56 Å². The van der Waals surface area contributed by atoms with Crippen LogP contribution in [0.1, 0.15) is 30.0 Å². The van der Waals surface area contributed by atoms with Gasteiger partial charge in [-0.25, -0.2) is 9.38 Å². The number of hydrogen-bond donors (Lipinski definition) is 0. The number of nitrogens with zero attached hydrogens (tertiary/aromatic N) is 2. The van der Waals surface area contributed by atoms with E-state index in [2.05, 4.69) is 0 Å². The molecule has 11 heteroatoms. The van der Waals surface area contributed by atoms with Crippen LogP contribution in [0.25, 0.3) is 6.08 Å². The maximum Gasteiger partial charge on any atom is 0.317 e. The van der Waals surface area contributed by atoms with Crippen LogP contribution in [0.15, 0.2) is 68.8 Å². The predicted molar refractivity (Wildman–Crippen MR) is 136 cm³/mol. The average Bonchev–Trinajstić information content (AvgIpc) is 3.46. The molecule has 194 valence electrons. The Bertz CT molecular complexity index is 1760. The van der Waals surface area contributed by atoms with Gasteiger partial charge in [-0.15, -0.1) is 0 Å². The summed E-state index contributed by atoms with van der Waals surface area (Å²) < 4.78 is 38.0. The van der Waals surface area contributed by atoms with Crippen molar-refractivity contribution in [1.82, 2.24) is 4.57 Å². The second-order valence-electron chi connectivity index (χ2n) is 8.99. The van der Waals surface area contributed by atoms with Gasteiger partial charge in [-0.05, 0) is 37.3 Å². The summed E-state index contributed by atoms with van der Waals surface area (Å²) in [6.45, 7) is 1.81. The number of aromatic nitrogens is 1. The van der Waals surface area contributed by atoms with E-state index in [1.54, 1.807) is 31.2 Å². The summed E-state index contributed by atoms with van der Waals surface area (Å²) in [5, 5.41) is -0.0376. The molecule has 0 amide bonds. The van der Waals surface area contributed by atoms with E-state index < -0.39 is 29.5 Å². The van der Waals surface area contributed by atoms with E-state index in [1.165, 1.54) is 41.2 Å². The van der Waals surface area contributed by atoms with Crippen LogP contribution in [0, 0.1) is 11.7 Å². The molecule has 0 fully saturated rings. The number of carbonyl (C=O) groups excluding carboxylic acids is 1. The molecule has 4 aromatic rings. The largest absolute Gasteiger partial charge is 0.486 e. The Labute approximate surface area is 224 Å². The molecule has 3 unspecified atom stereocenters. The lowest BCUT2D eigenvalue weighted by Crippen LogP contribution is -2.58. The van der Waals surface area contributed by atoms with E-state index in [4.69, 9.17) is 35.2 Å². The minimum absolute atomic E-state index is 0.0376. The SMILES string of the molecule is COC(=O)C1C2c3ccccc3OC1(C)N=c1sc(=Cc3ccc(COc4ccc(F)c(Cl)c4)o3)c(=O)n12. The van der Waals surface area contributed by atoms with Crippen molar-refractivity contribution >= 4 is 35.0 Å². The lowest BCUT2D eigenvalue weighted by molar-refractivity contribution is -0.158. The predicted octanol–water partition coefficient (Wildman–Crippen LogP) is 3.82. The van der Waals surface area contributed by atoms with Gasteiger partial charge >= 0.3 is 5.97 Å². The highest BCUT2D eigenvalue weighted by Gasteiger charge is 2.55. The number of halogens is 2. The third-order valence-electron chi connectivity index (χ3n) is 6.56. The maximum absolute atomic E-state index is 13.6. The number of rotatable bonds is 5. The first-order chi connectivity index (χ1) is 18.3. The number of methoxy groups -OCH3 is 1. The Hall–Kier alpha value is -3.89. The van der Waals surface area contributed by atoms with Gasteiger partial charge in [0.2, 0.25) is 5.72 Å². The second-order valence-corrected chi connectivity index (χ2v) is 10.4. The quantitative estimate of drug-likeness (QED) is 0.348.